The van der Waals surface area contributed by atoms with Crippen LogP contribution in [0.3, 0.4) is 0 Å². The van der Waals surface area contributed by atoms with Gasteiger partial charge in [0.25, 0.3) is 5.91 Å². The lowest BCUT2D eigenvalue weighted by atomic mass is 10.1. The second-order valence-electron chi connectivity index (χ2n) is 3.20. The molecule has 0 saturated heterocycles. The number of carboxylic acids is 1. The van der Waals surface area contributed by atoms with Gasteiger partial charge in [0.1, 0.15) is 6.04 Å². The molecule has 0 aliphatic heterocycles. The van der Waals surface area contributed by atoms with E-state index in [-0.39, 0.29) is 11.8 Å². The van der Waals surface area contributed by atoms with Crippen molar-refractivity contribution in [2.24, 2.45) is 0 Å². The summed E-state index contributed by atoms with van der Waals surface area (Å²) < 4.78 is 0. The minimum atomic E-state index is -1.08. The lowest BCUT2D eigenvalue weighted by Gasteiger charge is -2.11. The highest BCUT2D eigenvalue weighted by Gasteiger charge is 2.21. The van der Waals surface area contributed by atoms with Crippen molar-refractivity contribution in [3.05, 3.63) is 5.82 Å². The molecule has 88 valence electrons. The predicted octanol–water partition coefficient (Wildman–Crippen LogP) is -0.630. The lowest BCUT2D eigenvalue weighted by molar-refractivity contribution is -0.139. The van der Waals surface area contributed by atoms with E-state index in [2.05, 4.69) is 20.5 Å². The van der Waals surface area contributed by atoms with Gasteiger partial charge in [-0.3, -0.25) is 9.89 Å². The molecule has 0 aromatic carbocycles. The highest BCUT2D eigenvalue weighted by Crippen LogP contribution is 1.99. The van der Waals surface area contributed by atoms with Crippen molar-refractivity contribution in [1.29, 1.82) is 0 Å². The molecule has 1 aromatic heterocycles. The fraction of sp³-hybridized carbons (Fsp3) is 0.500. The van der Waals surface area contributed by atoms with E-state index >= 15 is 0 Å². The first-order valence-corrected chi connectivity index (χ1v) is 4.76. The van der Waals surface area contributed by atoms with E-state index in [9.17, 15) is 9.59 Å². The monoisotopic (exact) mass is 227 g/mol. The van der Waals surface area contributed by atoms with Crippen LogP contribution in [0.2, 0.25) is 0 Å². The number of rotatable bonds is 5. The maximum Gasteiger partial charge on any atom is 0.326 e. The van der Waals surface area contributed by atoms with Crippen molar-refractivity contribution in [2.45, 2.75) is 25.8 Å². The minimum Gasteiger partial charge on any atom is -0.480 e. The van der Waals surface area contributed by atoms with Crippen LogP contribution in [0.4, 0.5) is 5.95 Å². The van der Waals surface area contributed by atoms with Crippen LogP contribution in [0.15, 0.2) is 0 Å². The molecular formula is C8H13N5O3. The summed E-state index contributed by atoms with van der Waals surface area (Å²) >= 11 is 0. The third-order valence-corrected chi connectivity index (χ3v) is 1.90. The number of carbonyl (C=O) groups is 2. The van der Waals surface area contributed by atoms with E-state index in [0.29, 0.717) is 12.8 Å². The number of H-pyrrole nitrogens is 1. The summed E-state index contributed by atoms with van der Waals surface area (Å²) in [7, 11) is 0. The average Bonchev–Trinajstić information content (AvgIpc) is 2.64. The molecule has 0 aliphatic rings. The highest BCUT2D eigenvalue weighted by atomic mass is 16.4. The number of aliphatic carboxylic acids is 1. The van der Waals surface area contributed by atoms with E-state index in [1.807, 2.05) is 6.92 Å². The molecule has 0 bridgehead atoms. The van der Waals surface area contributed by atoms with Crippen LogP contribution in [0.5, 0.6) is 0 Å². The van der Waals surface area contributed by atoms with Crippen molar-refractivity contribution in [2.75, 3.05) is 5.73 Å². The molecule has 1 amide bonds. The van der Waals surface area contributed by atoms with Gasteiger partial charge in [0.2, 0.25) is 11.8 Å². The smallest absolute Gasteiger partial charge is 0.326 e. The summed E-state index contributed by atoms with van der Waals surface area (Å²) in [5, 5.41) is 16.9. The number of nitrogens with zero attached hydrogens (tertiary/aromatic N) is 2. The Morgan fingerprint density at radius 2 is 2.31 bits per heavy atom. The molecule has 0 unspecified atom stereocenters. The summed E-state index contributed by atoms with van der Waals surface area (Å²) in [6.07, 6.45) is 1.00. The quantitative estimate of drug-likeness (QED) is 0.529. The molecule has 0 spiro atoms. The zero-order chi connectivity index (χ0) is 12.1. The van der Waals surface area contributed by atoms with Gasteiger partial charge >= 0.3 is 5.97 Å². The molecular weight excluding hydrogens is 214 g/mol. The van der Waals surface area contributed by atoms with Crippen LogP contribution < -0.4 is 11.1 Å². The predicted molar refractivity (Wildman–Crippen MR) is 54.6 cm³/mol. The fourth-order valence-electron chi connectivity index (χ4n) is 1.15. The number of anilines is 1. The molecule has 0 radical (unpaired) electrons. The number of aromatic amines is 1. The molecule has 1 heterocycles. The summed E-state index contributed by atoms with van der Waals surface area (Å²) in [5.41, 5.74) is 5.22. The second kappa shape index (κ2) is 5.10. The number of carboxylic acid groups (broad SMARTS) is 1. The number of nitrogens with two attached hydrogens (primary N) is 1. The minimum absolute atomic E-state index is 0.0625. The van der Waals surface area contributed by atoms with E-state index in [0.717, 1.165) is 0 Å². The first kappa shape index (κ1) is 12.0. The number of carbonyl (C=O) groups excluding carboxylic acids is 1. The molecule has 5 N–H and O–H groups in total. The van der Waals surface area contributed by atoms with Crippen molar-refractivity contribution < 1.29 is 14.7 Å². The van der Waals surface area contributed by atoms with E-state index < -0.39 is 17.9 Å². The first-order valence-electron chi connectivity index (χ1n) is 4.76. The van der Waals surface area contributed by atoms with E-state index in [1.165, 1.54) is 0 Å². The van der Waals surface area contributed by atoms with Crippen LogP contribution >= 0.6 is 0 Å². The Balaban J connectivity index is 2.65. The summed E-state index contributed by atoms with van der Waals surface area (Å²) in [6, 6.07) is -0.927. The van der Waals surface area contributed by atoms with Gasteiger partial charge in [-0.2, -0.15) is 4.98 Å². The lowest BCUT2D eigenvalue weighted by Crippen LogP contribution is -2.41. The zero-order valence-electron chi connectivity index (χ0n) is 8.73. The van der Waals surface area contributed by atoms with Gasteiger partial charge in [0.05, 0.1) is 0 Å². The average molecular weight is 227 g/mol. The topological polar surface area (TPSA) is 134 Å². The number of nitrogens with one attached hydrogen (secondary N) is 2. The van der Waals surface area contributed by atoms with Crippen LogP contribution in [0.25, 0.3) is 0 Å². The van der Waals surface area contributed by atoms with Crippen molar-refractivity contribution in [3.63, 3.8) is 0 Å². The number of amides is 1. The van der Waals surface area contributed by atoms with Gasteiger partial charge in [-0.1, -0.05) is 13.3 Å². The number of hydrogen-bond donors (Lipinski definition) is 4. The van der Waals surface area contributed by atoms with Gasteiger partial charge in [-0.15, -0.1) is 5.10 Å². The van der Waals surface area contributed by atoms with Crippen molar-refractivity contribution >= 4 is 17.8 Å². The van der Waals surface area contributed by atoms with Gasteiger partial charge < -0.3 is 16.2 Å². The first-order chi connectivity index (χ1) is 7.54. The Hall–Kier alpha value is -2.12. The Morgan fingerprint density at radius 1 is 1.62 bits per heavy atom. The van der Waals surface area contributed by atoms with Crippen LogP contribution in [-0.2, 0) is 4.79 Å². The Morgan fingerprint density at radius 3 is 2.75 bits per heavy atom. The Kier molecular flexibility index (Phi) is 3.81. The summed E-state index contributed by atoms with van der Waals surface area (Å²) in [5.74, 6) is -1.87. The molecule has 0 fully saturated rings. The maximum atomic E-state index is 11.5. The zero-order valence-corrected chi connectivity index (χ0v) is 8.73. The van der Waals surface area contributed by atoms with Gasteiger partial charge in [-0.25, -0.2) is 4.79 Å². The Labute approximate surface area is 91.2 Å². The fourth-order valence-corrected chi connectivity index (χ4v) is 1.15. The summed E-state index contributed by atoms with van der Waals surface area (Å²) in [4.78, 5) is 25.8. The van der Waals surface area contributed by atoms with Gasteiger partial charge in [0, 0.05) is 0 Å². The molecule has 1 rings (SSSR count). The maximum absolute atomic E-state index is 11.5. The third-order valence-electron chi connectivity index (χ3n) is 1.90. The second-order valence-corrected chi connectivity index (χ2v) is 3.20. The normalized spacial score (nSPS) is 12.1. The van der Waals surface area contributed by atoms with Crippen molar-refractivity contribution in [1.82, 2.24) is 20.5 Å². The number of aromatic nitrogens is 3. The molecule has 1 atom stereocenters. The van der Waals surface area contributed by atoms with E-state index in [1.54, 1.807) is 0 Å². The number of nitrogen functional groups attached to an aromatic ring is 1. The molecule has 8 heteroatoms. The molecule has 0 aliphatic carbocycles. The van der Waals surface area contributed by atoms with Gasteiger partial charge in [-0.05, 0) is 6.42 Å². The van der Waals surface area contributed by atoms with E-state index in [4.69, 9.17) is 10.8 Å². The van der Waals surface area contributed by atoms with Crippen LogP contribution in [0.1, 0.15) is 30.4 Å². The SMILES string of the molecule is CCC[C@H](NC(=O)c1nc(N)n[nH]1)C(=O)O. The van der Waals surface area contributed by atoms with Gasteiger partial charge in [0.15, 0.2) is 0 Å². The largest absolute Gasteiger partial charge is 0.480 e. The molecule has 8 nitrogen and oxygen atoms in total. The number of hydrogen-bond acceptors (Lipinski definition) is 5. The Bertz CT molecular complexity index is 389. The molecule has 16 heavy (non-hydrogen) atoms. The molecule has 1 aromatic rings. The summed E-state index contributed by atoms with van der Waals surface area (Å²) in [6.45, 7) is 1.83. The van der Waals surface area contributed by atoms with Crippen LogP contribution in [-0.4, -0.2) is 38.2 Å². The van der Waals surface area contributed by atoms with Crippen molar-refractivity contribution in [3.8, 4) is 0 Å². The highest BCUT2D eigenvalue weighted by molar-refractivity contribution is 5.93. The third kappa shape index (κ3) is 2.94. The molecule has 0 saturated carbocycles. The standard InChI is InChI=1S/C8H13N5O3/c1-2-3-4(7(15)16)10-6(14)5-11-8(9)13-12-5/h4H,2-3H2,1H3,(H,10,14)(H,15,16)(H3,9,11,12,13)/t4-/m0/s1. The van der Waals surface area contributed by atoms with Crippen LogP contribution in [0, 0.1) is 0 Å².